The number of hydrogen-bond acceptors (Lipinski definition) is 6. The highest BCUT2D eigenvalue weighted by atomic mass is 35.5. The van der Waals surface area contributed by atoms with E-state index >= 15 is 0 Å². The lowest BCUT2D eigenvalue weighted by molar-refractivity contribution is -0.131. The van der Waals surface area contributed by atoms with E-state index in [2.05, 4.69) is 10.6 Å². The maximum Gasteiger partial charge on any atom is 0.331 e. The molecule has 5 rings (SSSR count). The third-order valence-electron chi connectivity index (χ3n) is 7.30. The molecule has 1 unspecified atom stereocenters. The van der Waals surface area contributed by atoms with Crippen molar-refractivity contribution in [1.82, 2.24) is 14.0 Å². The molecule has 0 radical (unpaired) electrons. The molecule has 2 heterocycles. The Labute approximate surface area is 246 Å². The van der Waals surface area contributed by atoms with Crippen LogP contribution in [-0.4, -0.2) is 51.8 Å². The van der Waals surface area contributed by atoms with Crippen molar-refractivity contribution in [3.63, 3.8) is 0 Å². The highest BCUT2D eigenvalue weighted by Gasteiger charge is 2.30. The minimum atomic E-state index is -0.922. The molecule has 1 aromatic heterocycles. The molecule has 218 valence electrons. The largest absolute Gasteiger partial charge is 0.365 e. The molecule has 2 aliphatic rings. The van der Waals surface area contributed by atoms with E-state index in [0.717, 1.165) is 18.4 Å². The van der Waals surface area contributed by atoms with Crippen LogP contribution in [0.4, 0.5) is 16.2 Å². The Hall–Kier alpha value is -4.40. The summed E-state index contributed by atoms with van der Waals surface area (Å²) in [6.07, 6.45) is 3.00. The van der Waals surface area contributed by atoms with Crippen LogP contribution >= 0.6 is 11.6 Å². The monoisotopic (exact) mass is 590 g/mol. The highest BCUT2D eigenvalue weighted by molar-refractivity contribution is 6.32. The van der Waals surface area contributed by atoms with Gasteiger partial charge in [-0.2, -0.15) is 5.26 Å². The van der Waals surface area contributed by atoms with Gasteiger partial charge >= 0.3 is 11.7 Å². The van der Waals surface area contributed by atoms with Gasteiger partial charge in [-0.3, -0.25) is 18.7 Å². The second-order valence-corrected chi connectivity index (χ2v) is 11.2. The van der Waals surface area contributed by atoms with Crippen molar-refractivity contribution in [1.29, 1.82) is 5.26 Å². The van der Waals surface area contributed by atoms with E-state index in [-0.39, 0.29) is 41.5 Å². The number of ether oxygens (including phenoxy) is 1. The van der Waals surface area contributed by atoms with Gasteiger partial charge in [0.2, 0.25) is 0 Å². The van der Waals surface area contributed by atoms with E-state index in [0.29, 0.717) is 41.3 Å². The Bertz CT molecular complexity index is 1750. The van der Waals surface area contributed by atoms with Gasteiger partial charge in [-0.25, -0.2) is 9.59 Å². The molecule has 12 heteroatoms. The van der Waals surface area contributed by atoms with Gasteiger partial charge in [0.1, 0.15) is 6.07 Å². The zero-order valence-electron chi connectivity index (χ0n) is 23.4. The summed E-state index contributed by atoms with van der Waals surface area (Å²) >= 11 is 6.06. The maximum atomic E-state index is 13.4. The van der Waals surface area contributed by atoms with Gasteiger partial charge in [0.15, 0.2) is 6.10 Å². The second kappa shape index (κ2) is 12.2. The first kappa shape index (κ1) is 29.1. The lowest BCUT2D eigenvalue weighted by Crippen LogP contribution is -2.51. The molecule has 0 bridgehead atoms. The number of hydrogen-bond donors (Lipinski definition) is 2. The Morgan fingerprint density at radius 1 is 1.10 bits per heavy atom. The zero-order chi connectivity index (χ0) is 30.0. The molecule has 2 N–H and O–H groups in total. The molecule has 2 aromatic carbocycles. The Balaban J connectivity index is 1.33. The number of anilines is 2. The molecule has 1 saturated carbocycles. The average Bonchev–Trinajstić information content (AvgIpc) is 3.80. The van der Waals surface area contributed by atoms with Gasteiger partial charge in [-0.15, -0.1) is 0 Å². The summed E-state index contributed by atoms with van der Waals surface area (Å²) in [4.78, 5) is 54.1. The first-order valence-corrected chi connectivity index (χ1v) is 14.1. The molecule has 1 aliphatic heterocycles. The summed E-state index contributed by atoms with van der Waals surface area (Å²) in [6, 6.07) is 11.0. The summed E-state index contributed by atoms with van der Waals surface area (Å²) in [5.41, 5.74) is 1.93. The SMILES string of the molecule is CC(C)=CCn1c(=O)n(CC2CC2)c(=O)c2cc(NC(=O)N3CCOC(C(=O)Nc4ccc(C#N)c(Cl)c4)C3)ccc21. The Morgan fingerprint density at radius 2 is 1.83 bits per heavy atom. The Morgan fingerprint density at radius 3 is 2.52 bits per heavy atom. The lowest BCUT2D eigenvalue weighted by Gasteiger charge is -2.32. The van der Waals surface area contributed by atoms with E-state index in [1.165, 1.54) is 21.6 Å². The molecule has 0 spiro atoms. The van der Waals surface area contributed by atoms with Crippen LogP contribution in [0.15, 0.2) is 57.6 Å². The number of nitrogens with zero attached hydrogens (tertiary/aromatic N) is 4. The predicted molar refractivity (Wildman–Crippen MR) is 160 cm³/mol. The van der Waals surface area contributed by atoms with E-state index in [9.17, 15) is 19.2 Å². The molecule has 1 aliphatic carbocycles. The fourth-order valence-corrected chi connectivity index (χ4v) is 5.00. The number of carbonyl (C=O) groups is 2. The summed E-state index contributed by atoms with van der Waals surface area (Å²) in [5, 5.41) is 15.1. The average molecular weight is 591 g/mol. The summed E-state index contributed by atoms with van der Waals surface area (Å²) in [5.74, 6) is -0.127. The van der Waals surface area contributed by atoms with E-state index in [1.54, 1.807) is 28.8 Å². The predicted octanol–water partition coefficient (Wildman–Crippen LogP) is 3.94. The molecule has 1 atom stereocenters. The molecule has 1 saturated heterocycles. The van der Waals surface area contributed by atoms with Crippen LogP contribution < -0.4 is 21.9 Å². The lowest BCUT2D eigenvalue weighted by atomic mass is 10.2. The Kier molecular flexibility index (Phi) is 8.47. The van der Waals surface area contributed by atoms with Crippen molar-refractivity contribution in [2.75, 3.05) is 30.3 Å². The molecule has 42 heavy (non-hydrogen) atoms. The number of amides is 3. The van der Waals surface area contributed by atoms with Crippen molar-refractivity contribution < 1.29 is 14.3 Å². The number of carbonyl (C=O) groups excluding carboxylic acids is 2. The number of nitriles is 1. The van der Waals surface area contributed by atoms with Crippen molar-refractivity contribution in [2.24, 2.45) is 5.92 Å². The number of aromatic nitrogens is 2. The van der Waals surface area contributed by atoms with Crippen LogP contribution in [0.2, 0.25) is 5.02 Å². The third kappa shape index (κ3) is 6.40. The van der Waals surface area contributed by atoms with Crippen molar-refractivity contribution >= 4 is 45.8 Å². The number of rotatable bonds is 7. The van der Waals surface area contributed by atoms with Gasteiger partial charge in [0, 0.05) is 31.0 Å². The quantitative estimate of drug-likeness (QED) is 0.400. The number of nitrogens with one attached hydrogen (secondary N) is 2. The van der Waals surface area contributed by atoms with Crippen LogP contribution in [0.1, 0.15) is 32.3 Å². The fraction of sp³-hybridized carbons (Fsp3) is 0.367. The van der Waals surface area contributed by atoms with Gasteiger partial charge in [0.25, 0.3) is 11.5 Å². The topological polar surface area (TPSA) is 138 Å². The van der Waals surface area contributed by atoms with E-state index in [1.807, 2.05) is 26.0 Å². The van der Waals surface area contributed by atoms with Crippen molar-refractivity contribution in [3.8, 4) is 6.07 Å². The van der Waals surface area contributed by atoms with Gasteiger partial charge < -0.3 is 20.3 Å². The van der Waals surface area contributed by atoms with Crippen LogP contribution in [0.3, 0.4) is 0 Å². The van der Waals surface area contributed by atoms with Crippen molar-refractivity contribution in [2.45, 2.75) is 45.9 Å². The van der Waals surface area contributed by atoms with Crippen LogP contribution in [0.5, 0.6) is 0 Å². The van der Waals surface area contributed by atoms with Crippen LogP contribution in [0.25, 0.3) is 10.9 Å². The molecule has 2 fully saturated rings. The fourth-order valence-electron chi connectivity index (χ4n) is 4.77. The van der Waals surface area contributed by atoms with Gasteiger partial charge in [-0.1, -0.05) is 23.3 Å². The number of fused-ring (bicyclic) bond motifs is 1. The second-order valence-electron chi connectivity index (χ2n) is 10.8. The van der Waals surface area contributed by atoms with E-state index < -0.39 is 18.0 Å². The number of urea groups is 1. The summed E-state index contributed by atoms with van der Waals surface area (Å²) < 4.78 is 8.49. The number of morpholine rings is 1. The van der Waals surface area contributed by atoms with E-state index in [4.69, 9.17) is 21.6 Å². The molecule has 11 nitrogen and oxygen atoms in total. The summed E-state index contributed by atoms with van der Waals surface area (Å²) in [7, 11) is 0. The molecule has 3 aromatic rings. The van der Waals surface area contributed by atoms with Crippen LogP contribution in [0, 0.1) is 17.2 Å². The number of halogens is 1. The molecular formula is C30H31ClN6O5. The first-order chi connectivity index (χ1) is 20.1. The maximum absolute atomic E-state index is 13.4. The number of benzene rings is 2. The molecular weight excluding hydrogens is 560 g/mol. The zero-order valence-corrected chi connectivity index (χ0v) is 24.1. The molecule has 3 amide bonds. The van der Waals surface area contributed by atoms with Gasteiger partial charge in [-0.05, 0) is 69.0 Å². The standard InChI is InChI=1S/C30H31ClN6O5/c1-18(2)9-10-36-25-8-7-21(13-23(25)28(39)37(30(36)41)16-19-3-4-19)34-29(40)35-11-12-42-26(17-35)27(38)33-22-6-5-20(15-32)24(31)14-22/h5-9,13-14,19,26H,3-4,10-12,16-17H2,1-2H3,(H,33,38)(H,34,40). The summed E-state index contributed by atoms with van der Waals surface area (Å²) in [6.45, 7) is 5.03. The van der Waals surface area contributed by atoms with Gasteiger partial charge in [0.05, 0.1) is 34.6 Å². The third-order valence-corrected chi connectivity index (χ3v) is 7.61. The smallest absolute Gasteiger partial charge is 0.331 e. The van der Waals surface area contributed by atoms with Crippen molar-refractivity contribution in [3.05, 3.63) is 79.5 Å². The van der Waals surface area contributed by atoms with Crippen LogP contribution in [-0.2, 0) is 22.6 Å². The minimum absolute atomic E-state index is 0.00565. The normalized spacial score (nSPS) is 16.5. The number of allylic oxidation sites excluding steroid dienone is 2. The first-order valence-electron chi connectivity index (χ1n) is 13.7. The highest BCUT2D eigenvalue weighted by Crippen LogP contribution is 2.30. The minimum Gasteiger partial charge on any atom is -0.365 e.